The predicted octanol–water partition coefficient (Wildman–Crippen LogP) is 3.05. The minimum atomic E-state index is -0.204. The summed E-state index contributed by atoms with van der Waals surface area (Å²) in [7, 11) is 0. The standard InChI is InChI=1S/C14H18O3/c1-3-16-13-9-5-7-12(11-13)8-6-10-14(15)17-4-2/h5-9,11H,3-4,10H2,1-2H3. The first-order valence-electron chi connectivity index (χ1n) is 5.81. The number of hydrogen-bond acceptors (Lipinski definition) is 3. The Morgan fingerprint density at radius 2 is 2.12 bits per heavy atom. The van der Waals surface area contributed by atoms with Gasteiger partial charge in [-0.3, -0.25) is 4.79 Å². The lowest BCUT2D eigenvalue weighted by Crippen LogP contribution is -2.01. The van der Waals surface area contributed by atoms with Crippen LogP contribution in [0.3, 0.4) is 0 Å². The Morgan fingerprint density at radius 3 is 2.82 bits per heavy atom. The van der Waals surface area contributed by atoms with Crippen LogP contribution in [0.2, 0.25) is 0 Å². The molecule has 0 unspecified atom stereocenters. The van der Waals surface area contributed by atoms with Gasteiger partial charge in [0.25, 0.3) is 0 Å². The molecule has 0 aliphatic heterocycles. The first-order valence-corrected chi connectivity index (χ1v) is 5.81. The van der Waals surface area contributed by atoms with Crippen molar-refractivity contribution in [1.29, 1.82) is 0 Å². The van der Waals surface area contributed by atoms with Crippen molar-refractivity contribution in [1.82, 2.24) is 0 Å². The van der Waals surface area contributed by atoms with Crippen LogP contribution in [0.25, 0.3) is 6.08 Å². The van der Waals surface area contributed by atoms with Gasteiger partial charge in [0.2, 0.25) is 0 Å². The molecule has 0 radical (unpaired) electrons. The zero-order chi connectivity index (χ0) is 12.5. The summed E-state index contributed by atoms with van der Waals surface area (Å²) in [5, 5.41) is 0. The van der Waals surface area contributed by atoms with Crippen molar-refractivity contribution in [3.8, 4) is 5.75 Å². The molecular weight excluding hydrogens is 216 g/mol. The Morgan fingerprint density at radius 1 is 1.29 bits per heavy atom. The highest BCUT2D eigenvalue weighted by Crippen LogP contribution is 2.14. The van der Waals surface area contributed by atoms with E-state index in [2.05, 4.69) is 0 Å². The van der Waals surface area contributed by atoms with Crippen molar-refractivity contribution < 1.29 is 14.3 Å². The second-order valence-corrected chi connectivity index (χ2v) is 3.42. The van der Waals surface area contributed by atoms with Crippen LogP contribution in [-0.4, -0.2) is 19.2 Å². The van der Waals surface area contributed by atoms with Crippen LogP contribution in [0.15, 0.2) is 30.3 Å². The fraction of sp³-hybridized carbons (Fsp3) is 0.357. The number of rotatable bonds is 6. The molecule has 0 aliphatic carbocycles. The second-order valence-electron chi connectivity index (χ2n) is 3.42. The molecule has 1 aromatic carbocycles. The van der Waals surface area contributed by atoms with Crippen LogP contribution >= 0.6 is 0 Å². The number of benzene rings is 1. The summed E-state index contributed by atoms with van der Waals surface area (Å²) >= 11 is 0. The fourth-order valence-electron chi connectivity index (χ4n) is 1.39. The van der Waals surface area contributed by atoms with E-state index in [4.69, 9.17) is 9.47 Å². The van der Waals surface area contributed by atoms with Crippen LogP contribution in [0.4, 0.5) is 0 Å². The first-order chi connectivity index (χ1) is 8.26. The summed E-state index contributed by atoms with van der Waals surface area (Å²) in [6.45, 7) is 4.82. The number of ether oxygens (including phenoxy) is 2. The second kappa shape index (κ2) is 7.49. The number of carbonyl (C=O) groups excluding carboxylic acids is 1. The Bertz CT molecular complexity index is 383. The van der Waals surface area contributed by atoms with Gasteiger partial charge in [0.15, 0.2) is 0 Å². The number of esters is 1. The molecule has 1 rings (SSSR count). The van der Waals surface area contributed by atoms with E-state index < -0.39 is 0 Å². The third-order valence-electron chi connectivity index (χ3n) is 2.07. The third kappa shape index (κ3) is 5.20. The zero-order valence-corrected chi connectivity index (χ0v) is 10.3. The van der Waals surface area contributed by atoms with E-state index in [1.54, 1.807) is 13.0 Å². The van der Waals surface area contributed by atoms with Crippen molar-refractivity contribution in [2.24, 2.45) is 0 Å². The predicted molar refractivity (Wildman–Crippen MR) is 67.9 cm³/mol. The molecular formula is C14H18O3. The van der Waals surface area contributed by atoms with Crippen molar-refractivity contribution in [2.75, 3.05) is 13.2 Å². The van der Waals surface area contributed by atoms with Crippen LogP contribution in [0, 0.1) is 0 Å². The summed E-state index contributed by atoms with van der Waals surface area (Å²) in [5.74, 6) is 0.635. The Kier molecular flexibility index (Phi) is 5.86. The maximum absolute atomic E-state index is 11.1. The van der Waals surface area contributed by atoms with Gasteiger partial charge in [-0.05, 0) is 31.5 Å². The van der Waals surface area contributed by atoms with Crippen LogP contribution in [0.5, 0.6) is 5.75 Å². The van der Waals surface area contributed by atoms with Gasteiger partial charge in [-0.15, -0.1) is 0 Å². The van der Waals surface area contributed by atoms with E-state index in [9.17, 15) is 4.79 Å². The molecule has 0 heterocycles. The lowest BCUT2D eigenvalue weighted by Gasteiger charge is -2.03. The normalized spacial score (nSPS) is 10.5. The van der Waals surface area contributed by atoms with E-state index in [1.807, 2.05) is 37.3 Å². The van der Waals surface area contributed by atoms with Gasteiger partial charge in [0, 0.05) is 0 Å². The molecule has 0 spiro atoms. The van der Waals surface area contributed by atoms with E-state index in [0.29, 0.717) is 19.6 Å². The topological polar surface area (TPSA) is 35.5 Å². The summed E-state index contributed by atoms with van der Waals surface area (Å²) in [4.78, 5) is 11.1. The van der Waals surface area contributed by atoms with E-state index >= 15 is 0 Å². The molecule has 0 saturated heterocycles. The van der Waals surface area contributed by atoms with Crippen molar-refractivity contribution in [3.05, 3.63) is 35.9 Å². The zero-order valence-electron chi connectivity index (χ0n) is 10.3. The molecule has 17 heavy (non-hydrogen) atoms. The van der Waals surface area contributed by atoms with Crippen LogP contribution in [-0.2, 0) is 9.53 Å². The minimum Gasteiger partial charge on any atom is -0.494 e. The highest BCUT2D eigenvalue weighted by molar-refractivity contribution is 5.72. The highest BCUT2D eigenvalue weighted by Gasteiger charge is 1.97. The summed E-state index contributed by atoms with van der Waals surface area (Å²) in [5.41, 5.74) is 1.01. The third-order valence-corrected chi connectivity index (χ3v) is 2.07. The van der Waals surface area contributed by atoms with Crippen LogP contribution in [0.1, 0.15) is 25.8 Å². The summed E-state index contributed by atoms with van der Waals surface area (Å²) in [6.07, 6.45) is 3.98. The Hall–Kier alpha value is -1.77. The lowest BCUT2D eigenvalue weighted by molar-refractivity contribution is -0.142. The van der Waals surface area contributed by atoms with Crippen molar-refractivity contribution >= 4 is 12.0 Å². The average Bonchev–Trinajstić information content (AvgIpc) is 2.30. The van der Waals surface area contributed by atoms with E-state index in [-0.39, 0.29) is 5.97 Å². The van der Waals surface area contributed by atoms with Gasteiger partial charge in [-0.2, -0.15) is 0 Å². The molecule has 0 N–H and O–H groups in total. The Balaban J connectivity index is 2.52. The largest absolute Gasteiger partial charge is 0.494 e. The molecule has 92 valence electrons. The number of hydrogen-bond donors (Lipinski definition) is 0. The van der Waals surface area contributed by atoms with Gasteiger partial charge >= 0.3 is 5.97 Å². The van der Waals surface area contributed by atoms with Gasteiger partial charge in [0.05, 0.1) is 19.6 Å². The monoisotopic (exact) mass is 234 g/mol. The van der Waals surface area contributed by atoms with Gasteiger partial charge < -0.3 is 9.47 Å². The molecule has 0 saturated carbocycles. The molecule has 0 aliphatic rings. The van der Waals surface area contributed by atoms with E-state index in [0.717, 1.165) is 11.3 Å². The SMILES string of the molecule is CCOC(=O)CC=Cc1cccc(OCC)c1. The van der Waals surface area contributed by atoms with Crippen LogP contribution < -0.4 is 4.74 Å². The molecule has 3 heteroatoms. The Labute approximate surface area is 102 Å². The fourth-order valence-corrected chi connectivity index (χ4v) is 1.39. The maximum atomic E-state index is 11.1. The van der Waals surface area contributed by atoms with E-state index in [1.165, 1.54) is 0 Å². The molecule has 0 fully saturated rings. The summed E-state index contributed by atoms with van der Waals surface area (Å²) < 4.78 is 10.2. The minimum absolute atomic E-state index is 0.204. The van der Waals surface area contributed by atoms with Gasteiger partial charge in [-0.1, -0.05) is 24.3 Å². The molecule has 0 aromatic heterocycles. The van der Waals surface area contributed by atoms with Crippen molar-refractivity contribution in [2.45, 2.75) is 20.3 Å². The molecule has 0 bridgehead atoms. The quantitative estimate of drug-likeness (QED) is 0.710. The molecule has 0 amide bonds. The lowest BCUT2D eigenvalue weighted by atomic mass is 10.2. The first kappa shape index (κ1) is 13.3. The van der Waals surface area contributed by atoms with Gasteiger partial charge in [0.1, 0.15) is 5.75 Å². The maximum Gasteiger partial charge on any atom is 0.309 e. The molecule has 0 atom stereocenters. The highest BCUT2D eigenvalue weighted by atomic mass is 16.5. The van der Waals surface area contributed by atoms with Crippen molar-refractivity contribution in [3.63, 3.8) is 0 Å². The summed E-state index contributed by atoms with van der Waals surface area (Å²) in [6, 6.07) is 7.73. The number of carbonyl (C=O) groups is 1. The molecule has 1 aromatic rings. The smallest absolute Gasteiger partial charge is 0.309 e. The average molecular weight is 234 g/mol. The molecule has 3 nitrogen and oxygen atoms in total. The van der Waals surface area contributed by atoms with Gasteiger partial charge in [-0.25, -0.2) is 0 Å².